The summed E-state index contributed by atoms with van der Waals surface area (Å²) in [4.78, 5) is 0. The average Bonchev–Trinajstić information content (AvgIpc) is 2.44. The number of allylic oxidation sites excluding steroid dienone is 2. The fourth-order valence-corrected chi connectivity index (χ4v) is 2.21. The fourth-order valence-electron chi connectivity index (χ4n) is 2.21. The summed E-state index contributed by atoms with van der Waals surface area (Å²) in [5.41, 5.74) is 0.769. The maximum absolute atomic E-state index is 2.46. The molecule has 0 aliphatic heterocycles. The van der Waals surface area contributed by atoms with Gasteiger partial charge in [-0.25, -0.2) is 0 Å². The van der Waals surface area contributed by atoms with Gasteiger partial charge in [-0.15, -0.1) is 0 Å². The van der Waals surface area contributed by atoms with E-state index in [9.17, 15) is 0 Å². The zero-order chi connectivity index (χ0) is 7.03. The molecule has 2 rings (SSSR count). The van der Waals surface area contributed by atoms with Crippen molar-refractivity contribution in [1.29, 1.82) is 0 Å². The molecular weight excluding hydrogens is 120 g/mol. The van der Waals surface area contributed by atoms with Crippen LogP contribution in [-0.4, -0.2) is 0 Å². The molecule has 2 atom stereocenters. The minimum absolute atomic E-state index is 0.769. The van der Waals surface area contributed by atoms with Crippen molar-refractivity contribution < 1.29 is 0 Å². The van der Waals surface area contributed by atoms with Crippen molar-refractivity contribution >= 4 is 0 Å². The lowest BCUT2D eigenvalue weighted by atomic mass is 9.95. The average molecular weight is 136 g/mol. The smallest absolute Gasteiger partial charge is 0.0291 e. The van der Waals surface area contributed by atoms with Crippen molar-refractivity contribution in [2.45, 2.75) is 39.0 Å². The van der Waals surface area contributed by atoms with Crippen molar-refractivity contribution in [3.63, 3.8) is 0 Å². The second-order valence-electron chi connectivity index (χ2n) is 4.14. The molecule has 0 spiro atoms. The van der Waals surface area contributed by atoms with Crippen molar-refractivity contribution in [1.82, 2.24) is 0 Å². The molecule has 0 saturated heterocycles. The van der Waals surface area contributed by atoms with Gasteiger partial charge in [0.15, 0.2) is 0 Å². The van der Waals surface area contributed by atoms with E-state index < -0.39 is 0 Å². The van der Waals surface area contributed by atoms with Crippen LogP contribution < -0.4 is 0 Å². The molecule has 0 nitrogen and oxygen atoms in total. The Morgan fingerprint density at radius 1 is 1.30 bits per heavy atom. The molecule has 0 bridgehead atoms. The molecule has 0 heteroatoms. The summed E-state index contributed by atoms with van der Waals surface area (Å²) < 4.78 is 0. The standard InChI is InChI=1S/C10H16/c1-10-7-5-3-2-4-6-9(10)8-10/h2-3,9H,4-8H2,1H3/b3-2-/t9-,10+/m0/s1. The van der Waals surface area contributed by atoms with Gasteiger partial charge in [-0.2, -0.15) is 0 Å². The Labute approximate surface area is 63.3 Å². The third-order valence-corrected chi connectivity index (χ3v) is 3.27. The van der Waals surface area contributed by atoms with Crippen LogP contribution in [0.3, 0.4) is 0 Å². The van der Waals surface area contributed by atoms with Gasteiger partial charge in [-0.3, -0.25) is 0 Å². The molecule has 1 fully saturated rings. The van der Waals surface area contributed by atoms with Crippen molar-refractivity contribution in [2.24, 2.45) is 11.3 Å². The molecule has 0 aromatic rings. The summed E-state index contributed by atoms with van der Waals surface area (Å²) in [7, 11) is 0. The highest BCUT2D eigenvalue weighted by molar-refractivity contribution is 5.03. The van der Waals surface area contributed by atoms with E-state index in [1.165, 1.54) is 32.1 Å². The predicted octanol–water partition coefficient (Wildman–Crippen LogP) is 3.14. The Kier molecular flexibility index (Phi) is 1.36. The Morgan fingerprint density at radius 2 is 2.10 bits per heavy atom. The molecule has 0 radical (unpaired) electrons. The van der Waals surface area contributed by atoms with Gasteiger partial charge in [-0.1, -0.05) is 19.1 Å². The van der Waals surface area contributed by atoms with Crippen LogP contribution in [0.25, 0.3) is 0 Å². The molecule has 0 aromatic carbocycles. The van der Waals surface area contributed by atoms with Crippen LogP contribution in [0.1, 0.15) is 39.0 Å². The molecule has 0 aromatic heterocycles. The molecular formula is C10H16. The van der Waals surface area contributed by atoms with Gasteiger partial charge in [0.1, 0.15) is 0 Å². The molecule has 1 saturated carbocycles. The van der Waals surface area contributed by atoms with Crippen LogP contribution in [-0.2, 0) is 0 Å². The molecule has 56 valence electrons. The largest absolute Gasteiger partial charge is 0.0885 e. The summed E-state index contributed by atoms with van der Waals surface area (Å²) in [5, 5.41) is 0. The van der Waals surface area contributed by atoms with E-state index in [1.807, 2.05) is 0 Å². The summed E-state index contributed by atoms with van der Waals surface area (Å²) in [5.74, 6) is 1.08. The first-order valence-electron chi connectivity index (χ1n) is 4.46. The van der Waals surface area contributed by atoms with Crippen LogP contribution in [0.5, 0.6) is 0 Å². The van der Waals surface area contributed by atoms with Crippen molar-refractivity contribution in [2.75, 3.05) is 0 Å². The summed E-state index contributed by atoms with van der Waals surface area (Å²) >= 11 is 0. The van der Waals surface area contributed by atoms with E-state index in [2.05, 4.69) is 19.1 Å². The fraction of sp³-hybridized carbons (Fsp3) is 0.800. The highest BCUT2D eigenvalue weighted by Gasteiger charge is 2.48. The lowest BCUT2D eigenvalue weighted by molar-refractivity contribution is 0.446. The second kappa shape index (κ2) is 2.11. The van der Waals surface area contributed by atoms with Gasteiger partial charge in [0.2, 0.25) is 0 Å². The first-order valence-corrected chi connectivity index (χ1v) is 4.46. The molecule has 0 N–H and O–H groups in total. The number of hydrogen-bond donors (Lipinski definition) is 0. The summed E-state index contributed by atoms with van der Waals surface area (Å²) in [6, 6.07) is 0. The third-order valence-electron chi connectivity index (χ3n) is 3.27. The normalized spacial score (nSPS) is 48.7. The van der Waals surface area contributed by atoms with Gasteiger partial charge in [0.25, 0.3) is 0 Å². The minimum atomic E-state index is 0.769. The summed E-state index contributed by atoms with van der Waals surface area (Å²) in [6.07, 6.45) is 11.8. The molecule has 0 amide bonds. The highest BCUT2D eigenvalue weighted by Crippen LogP contribution is 2.58. The van der Waals surface area contributed by atoms with Crippen LogP contribution in [0.4, 0.5) is 0 Å². The first kappa shape index (κ1) is 6.45. The minimum Gasteiger partial charge on any atom is -0.0885 e. The van der Waals surface area contributed by atoms with E-state index in [-0.39, 0.29) is 0 Å². The zero-order valence-corrected chi connectivity index (χ0v) is 6.77. The lowest BCUT2D eigenvalue weighted by Gasteiger charge is -2.10. The number of hydrogen-bond acceptors (Lipinski definition) is 0. The Hall–Kier alpha value is -0.260. The molecule has 0 heterocycles. The van der Waals surface area contributed by atoms with Crippen molar-refractivity contribution in [3.05, 3.63) is 12.2 Å². The number of fused-ring (bicyclic) bond motifs is 1. The monoisotopic (exact) mass is 136 g/mol. The van der Waals surface area contributed by atoms with E-state index in [4.69, 9.17) is 0 Å². The van der Waals surface area contributed by atoms with Crippen LogP contribution >= 0.6 is 0 Å². The van der Waals surface area contributed by atoms with E-state index in [0.717, 1.165) is 11.3 Å². The van der Waals surface area contributed by atoms with Gasteiger partial charge in [0, 0.05) is 0 Å². The van der Waals surface area contributed by atoms with E-state index in [0.29, 0.717) is 0 Å². The Balaban J connectivity index is 2.00. The second-order valence-corrected chi connectivity index (χ2v) is 4.14. The first-order chi connectivity index (χ1) is 4.81. The predicted molar refractivity (Wildman–Crippen MR) is 43.8 cm³/mol. The zero-order valence-electron chi connectivity index (χ0n) is 6.77. The van der Waals surface area contributed by atoms with E-state index in [1.54, 1.807) is 0 Å². The van der Waals surface area contributed by atoms with Crippen LogP contribution in [0.2, 0.25) is 0 Å². The van der Waals surface area contributed by atoms with E-state index >= 15 is 0 Å². The van der Waals surface area contributed by atoms with Gasteiger partial charge >= 0.3 is 0 Å². The SMILES string of the molecule is C[C@]12CC/C=C\CC[C@H]1C2. The maximum Gasteiger partial charge on any atom is -0.0291 e. The van der Waals surface area contributed by atoms with Crippen molar-refractivity contribution in [3.8, 4) is 0 Å². The molecule has 0 unspecified atom stereocenters. The van der Waals surface area contributed by atoms with Crippen LogP contribution in [0, 0.1) is 11.3 Å². The molecule has 10 heavy (non-hydrogen) atoms. The Morgan fingerprint density at radius 3 is 3.00 bits per heavy atom. The van der Waals surface area contributed by atoms with Gasteiger partial charge < -0.3 is 0 Å². The lowest BCUT2D eigenvalue weighted by Crippen LogP contribution is -1.98. The van der Waals surface area contributed by atoms with Gasteiger partial charge in [-0.05, 0) is 43.4 Å². The maximum atomic E-state index is 2.46. The quantitative estimate of drug-likeness (QED) is 0.449. The Bertz CT molecular complexity index is 157. The molecule has 2 aliphatic rings. The topological polar surface area (TPSA) is 0 Å². The highest BCUT2D eigenvalue weighted by atomic mass is 14.5. The molecule has 2 aliphatic carbocycles. The number of rotatable bonds is 0. The van der Waals surface area contributed by atoms with Crippen LogP contribution in [0.15, 0.2) is 12.2 Å². The third kappa shape index (κ3) is 1.00. The summed E-state index contributed by atoms with van der Waals surface area (Å²) in [6.45, 7) is 2.46. The van der Waals surface area contributed by atoms with Gasteiger partial charge in [0.05, 0.1) is 0 Å².